The molecular weight excluding hydrogens is 843 g/mol. The fourth-order valence-corrected chi connectivity index (χ4v) is 12.4. The zero-order valence-electron chi connectivity index (χ0n) is 36.1. The number of benzene rings is 9. The van der Waals surface area contributed by atoms with E-state index in [2.05, 4.69) is 204 Å². The van der Waals surface area contributed by atoms with Crippen molar-refractivity contribution < 1.29 is 0 Å². The van der Waals surface area contributed by atoms with Crippen LogP contribution in [0.15, 0.2) is 220 Å². The van der Waals surface area contributed by atoms with Gasteiger partial charge >= 0.3 is 0 Å². The molecule has 10 aromatic rings. The second-order valence-electron chi connectivity index (χ2n) is 17.0. The second kappa shape index (κ2) is 15.6. The van der Waals surface area contributed by atoms with Gasteiger partial charge in [0.2, 0.25) is 0 Å². The van der Waals surface area contributed by atoms with E-state index < -0.39 is 5.54 Å². The minimum Gasteiger partial charge on any atom is -0.330 e. The van der Waals surface area contributed by atoms with Gasteiger partial charge in [-0.1, -0.05) is 145 Å². The molecule has 5 nitrogen and oxygen atoms in total. The third-order valence-electron chi connectivity index (χ3n) is 13.0. The van der Waals surface area contributed by atoms with Crippen LogP contribution in [0.5, 0.6) is 0 Å². The molecule has 12 rings (SSSR count). The molecule has 0 unspecified atom stereocenters. The number of anilines is 6. The first kappa shape index (κ1) is 39.6. The summed E-state index contributed by atoms with van der Waals surface area (Å²) < 4.78 is 2.52. The van der Waals surface area contributed by atoms with Crippen LogP contribution in [-0.4, -0.2) is 4.57 Å². The van der Waals surface area contributed by atoms with Crippen molar-refractivity contribution in [1.29, 1.82) is 10.5 Å². The van der Waals surface area contributed by atoms with Gasteiger partial charge in [-0.05, 0) is 92.7 Å². The Bertz CT molecular complexity index is 3380. The molecule has 0 radical (unpaired) electrons. The van der Waals surface area contributed by atoms with Crippen molar-refractivity contribution in [2.75, 3.05) is 9.80 Å². The Hall–Kier alpha value is -7.94. The molecular formula is C59H39N5S2. The largest absolute Gasteiger partial charge is 0.330 e. The second-order valence-corrected chi connectivity index (χ2v) is 19.2. The lowest BCUT2D eigenvalue weighted by Gasteiger charge is -2.44. The normalized spacial score (nSPS) is 12.8. The Labute approximate surface area is 392 Å². The van der Waals surface area contributed by atoms with Crippen LogP contribution in [0.3, 0.4) is 0 Å². The number of aromatic nitrogens is 1. The molecule has 2 aliphatic rings. The molecule has 0 atom stereocenters. The number of nitrogens with zero attached hydrogens (tertiary/aromatic N) is 5. The third kappa shape index (κ3) is 6.02. The Morgan fingerprint density at radius 3 is 1.12 bits per heavy atom. The van der Waals surface area contributed by atoms with E-state index in [4.69, 9.17) is 0 Å². The number of hydrogen-bond acceptors (Lipinski definition) is 6. The van der Waals surface area contributed by atoms with Crippen LogP contribution in [0, 0.1) is 22.7 Å². The van der Waals surface area contributed by atoms with Crippen molar-refractivity contribution >= 4 is 79.5 Å². The van der Waals surface area contributed by atoms with Gasteiger partial charge in [-0.3, -0.25) is 0 Å². The van der Waals surface area contributed by atoms with Crippen molar-refractivity contribution in [2.45, 2.75) is 39.0 Å². The van der Waals surface area contributed by atoms with Crippen LogP contribution < -0.4 is 9.80 Å². The molecule has 0 fully saturated rings. The van der Waals surface area contributed by atoms with Crippen LogP contribution >= 0.6 is 23.5 Å². The zero-order chi connectivity index (χ0) is 44.5. The fourth-order valence-electron chi connectivity index (χ4n) is 10.3. The quantitative estimate of drug-likeness (QED) is 0.166. The van der Waals surface area contributed by atoms with E-state index in [9.17, 15) is 10.5 Å². The standard InChI is InChI=1S/C59H39N5S2/c1-59(2,64-46-25-9-7-23-42(46)43-24-8-10-26-47(43)64)56-57(62-48-27-11-15-31-52(48)65-53-32-16-12-28-49(53)62)44(40-21-5-3-19-38(40)36-60)35-45(41-22-6-4-20-39(41)37-61)58(56)63-50-29-13-17-33-54(50)66-55-34-18-14-30-51(55)63/h3-35H,1-2H3. The molecule has 0 spiro atoms. The molecule has 66 heavy (non-hydrogen) atoms. The average molecular weight is 882 g/mol. The molecule has 0 aliphatic carbocycles. The van der Waals surface area contributed by atoms with Gasteiger partial charge in [-0.15, -0.1) is 0 Å². The summed E-state index contributed by atoms with van der Waals surface area (Å²) in [6.45, 7) is 4.70. The summed E-state index contributed by atoms with van der Waals surface area (Å²) in [6.07, 6.45) is 0. The summed E-state index contributed by atoms with van der Waals surface area (Å²) in [4.78, 5) is 9.41. The smallest absolute Gasteiger partial charge is 0.0998 e. The number of fused-ring (bicyclic) bond motifs is 7. The minimum absolute atomic E-state index is 0.560. The highest BCUT2D eigenvalue weighted by Gasteiger charge is 2.42. The molecule has 0 saturated carbocycles. The molecule has 9 aromatic carbocycles. The van der Waals surface area contributed by atoms with E-state index in [1.165, 1.54) is 10.8 Å². The van der Waals surface area contributed by atoms with Gasteiger partial charge in [0, 0.05) is 69.2 Å². The highest BCUT2D eigenvalue weighted by atomic mass is 32.2. The molecule has 0 saturated heterocycles. The summed E-state index contributed by atoms with van der Waals surface area (Å²) in [5.41, 5.74) is 12.9. The van der Waals surface area contributed by atoms with Crippen molar-refractivity contribution in [3.8, 4) is 34.4 Å². The lowest BCUT2D eigenvalue weighted by Crippen LogP contribution is -2.33. The third-order valence-corrected chi connectivity index (χ3v) is 15.3. The van der Waals surface area contributed by atoms with Crippen LogP contribution in [-0.2, 0) is 5.54 Å². The zero-order valence-corrected chi connectivity index (χ0v) is 37.7. The van der Waals surface area contributed by atoms with Crippen molar-refractivity contribution in [3.05, 3.63) is 217 Å². The Morgan fingerprint density at radius 2 is 0.727 bits per heavy atom. The van der Waals surface area contributed by atoms with E-state index >= 15 is 0 Å². The Balaban J connectivity index is 1.38. The van der Waals surface area contributed by atoms with Crippen LogP contribution in [0.1, 0.15) is 30.5 Å². The highest BCUT2D eigenvalue weighted by molar-refractivity contribution is 8.00. The van der Waals surface area contributed by atoms with Crippen LogP contribution in [0.25, 0.3) is 44.1 Å². The summed E-state index contributed by atoms with van der Waals surface area (Å²) in [5, 5.41) is 24.4. The highest BCUT2D eigenvalue weighted by Crippen LogP contribution is 2.62. The molecule has 0 amide bonds. The van der Waals surface area contributed by atoms with Crippen LogP contribution in [0.4, 0.5) is 34.1 Å². The first-order chi connectivity index (χ1) is 32.5. The van der Waals surface area contributed by atoms with Gasteiger partial charge in [0.15, 0.2) is 0 Å². The summed E-state index contributed by atoms with van der Waals surface area (Å²) >= 11 is 3.55. The monoisotopic (exact) mass is 881 g/mol. The number of nitriles is 2. The Kier molecular flexibility index (Phi) is 9.40. The van der Waals surface area contributed by atoms with Crippen molar-refractivity contribution in [3.63, 3.8) is 0 Å². The lowest BCUT2D eigenvalue weighted by atomic mass is 9.80. The predicted molar refractivity (Wildman–Crippen MR) is 272 cm³/mol. The van der Waals surface area contributed by atoms with Gasteiger partial charge in [-0.2, -0.15) is 10.5 Å². The van der Waals surface area contributed by atoms with Gasteiger partial charge in [0.25, 0.3) is 0 Å². The molecule has 1 aromatic heterocycles. The summed E-state index contributed by atoms with van der Waals surface area (Å²) in [6, 6.07) is 75.4. The molecule has 312 valence electrons. The van der Waals surface area contributed by atoms with E-state index in [0.717, 1.165) is 92.6 Å². The Morgan fingerprint density at radius 1 is 0.394 bits per heavy atom. The van der Waals surface area contributed by atoms with Gasteiger partial charge in [0.05, 0.1) is 62.9 Å². The number of para-hydroxylation sites is 6. The molecule has 0 bridgehead atoms. The van der Waals surface area contributed by atoms with Gasteiger partial charge in [-0.25, -0.2) is 0 Å². The lowest BCUT2D eigenvalue weighted by molar-refractivity contribution is 0.466. The molecule has 0 N–H and O–H groups in total. The van der Waals surface area contributed by atoms with E-state index in [0.29, 0.717) is 11.1 Å². The maximum Gasteiger partial charge on any atom is 0.0998 e. The first-order valence-corrected chi connectivity index (χ1v) is 23.6. The topological polar surface area (TPSA) is 59.0 Å². The minimum atomic E-state index is -0.857. The van der Waals surface area contributed by atoms with Crippen molar-refractivity contribution in [1.82, 2.24) is 4.57 Å². The maximum atomic E-state index is 11.0. The molecule has 7 heteroatoms. The molecule has 2 aliphatic heterocycles. The van der Waals surface area contributed by atoms with E-state index in [-0.39, 0.29) is 0 Å². The number of rotatable bonds is 6. The maximum absolute atomic E-state index is 11.0. The molecule has 3 heterocycles. The fraction of sp³-hybridized carbons (Fsp3) is 0.0508. The summed E-state index contributed by atoms with van der Waals surface area (Å²) in [5.74, 6) is 0. The SMILES string of the molecule is CC(C)(c1c(N2c3ccccc3Sc3ccccc32)c(-c2ccccc2C#N)cc(-c2ccccc2C#N)c1N1c2ccccc2Sc2ccccc21)n1c2ccccc2c2ccccc21. The average Bonchev–Trinajstić information content (AvgIpc) is 3.72. The van der Waals surface area contributed by atoms with E-state index in [1.807, 2.05) is 36.4 Å². The predicted octanol–water partition coefficient (Wildman–Crippen LogP) is 16.5. The van der Waals surface area contributed by atoms with Crippen molar-refractivity contribution in [2.24, 2.45) is 0 Å². The van der Waals surface area contributed by atoms with Gasteiger partial charge < -0.3 is 14.4 Å². The first-order valence-electron chi connectivity index (χ1n) is 22.0. The number of hydrogen-bond donors (Lipinski definition) is 0. The van der Waals surface area contributed by atoms with Crippen LogP contribution in [0.2, 0.25) is 0 Å². The van der Waals surface area contributed by atoms with E-state index in [1.54, 1.807) is 23.5 Å². The van der Waals surface area contributed by atoms with Gasteiger partial charge in [0.1, 0.15) is 0 Å². The summed E-state index contributed by atoms with van der Waals surface area (Å²) in [7, 11) is 0.